The van der Waals surface area contributed by atoms with Gasteiger partial charge >= 0.3 is 0 Å². The number of nitrogens with zero attached hydrogens (tertiary/aromatic N) is 2. The van der Waals surface area contributed by atoms with Crippen molar-refractivity contribution >= 4 is 57.8 Å². The van der Waals surface area contributed by atoms with Gasteiger partial charge in [0.25, 0.3) is 5.91 Å². The molecule has 172 valence electrons. The van der Waals surface area contributed by atoms with Crippen molar-refractivity contribution in [2.75, 3.05) is 42.9 Å². The molecule has 6 nitrogen and oxygen atoms in total. The Hall–Kier alpha value is -2.58. The highest BCUT2D eigenvalue weighted by molar-refractivity contribution is 7.80. The van der Waals surface area contributed by atoms with Gasteiger partial charge in [0.1, 0.15) is 5.76 Å². The summed E-state index contributed by atoms with van der Waals surface area (Å²) in [5.74, 6) is 0.252. The van der Waals surface area contributed by atoms with E-state index in [0.29, 0.717) is 15.8 Å². The van der Waals surface area contributed by atoms with Gasteiger partial charge < -0.3 is 19.5 Å². The van der Waals surface area contributed by atoms with E-state index in [1.807, 2.05) is 30.3 Å². The Morgan fingerprint density at radius 3 is 2.55 bits per heavy atom. The summed E-state index contributed by atoms with van der Waals surface area (Å²) in [4.78, 5) is 17.3. The van der Waals surface area contributed by atoms with Gasteiger partial charge in [0, 0.05) is 36.8 Å². The van der Waals surface area contributed by atoms with Crippen LogP contribution >= 0.6 is 35.4 Å². The maximum absolute atomic E-state index is 12.7. The normalized spacial score (nSPS) is 14.2. The molecule has 0 aliphatic carbocycles. The minimum Gasteiger partial charge on any atom is -0.451 e. The molecule has 1 fully saturated rings. The van der Waals surface area contributed by atoms with E-state index in [9.17, 15) is 4.79 Å². The van der Waals surface area contributed by atoms with Crippen LogP contribution in [0.5, 0.6) is 0 Å². The Labute approximate surface area is 208 Å². The Kier molecular flexibility index (Phi) is 7.55. The SMILES string of the molecule is CCN1CCN(c2c(Cl)cccc2NC(=S)NC(=O)c2ccc(-c3cccc(Cl)c3)o2)CC1. The maximum Gasteiger partial charge on any atom is 0.293 e. The number of amides is 1. The third-order valence-corrected chi connectivity index (χ3v) is 6.28. The Bertz CT molecular complexity index is 1160. The molecule has 1 aliphatic rings. The van der Waals surface area contributed by atoms with Crippen molar-refractivity contribution < 1.29 is 9.21 Å². The molecule has 0 unspecified atom stereocenters. The van der Waals surface area contributed by atoms with Crippen LogP contribution in [0.1, 0.15) is 17.5 Å². The van der Waals surface area contributed by atoms with Crippen LogP contribution < -0.4 is 15.5 Å². The lowest BCUT2D eigenvalue weighted by molar-refractivity contribution is 0.0951. The number of piperazine rings is 1. The quantitative estimate of drug-likeness (QED) is 0.447. The maximum atomic E-state index is 12.7. The number of para-hydroxylation sites is 1. The van der Waals surface area contributed by atoms with E-state index in [2.05, 4.69) is 27.4 Å². The van der Waals surface area contributed by atoms with E-state index >= 15 is 0 Å². The van der Waals surface area contributed by atoms with Gasteiger partial charge in [-0.25, -0.2) is 0 Å². The molecule has 33 heavy (non-hydrogen) atoms. The number of halogens is 2. The zero-order valence-corrected chi connectivity index (χ0v) is 20.4. The van der Waals surface area contributed by atoms with Crippen LogP contribution in [-0.2, 0) is 0 Å². The van der Waals surface area contributed by atoms with Gasteiger partial charge in [-0.2, -0.15) is 0 Å². The Morgan fingerprint density at radius 2 is 1.82 bits per heavy atom. The first-order valence-corrected chi connectivity index (χ1v) is 11.8. The predicted molar refractivity (Wildman–Crippen MR) is 139 cm³/mol. The largest absolute Gasteiger partial charge is 0.451 e. The summed E-state index contributed by atoms with van der Waals surface area (Å²) in [6, 6.07) is 16.2. The molecular formula is C24H24Cl2N4O2S. The first-order chi connectivity index (χ1) is 15.9. The molecule has 1 aromatic heterocycles. The van der Waals surface area contributed by atoms with Gasteiger partial charge in [-0.1, -0.05) is 48.3 Å². The molecule has 1 aliphatic heterocycles. The molecule has 0 radical (unpaired) electrons. The summed E-state index contributed by atoms with van der Waals surface area (Å²) in [6.07, 6.45) is 0. The number of nitrogens with one attached hydrogen (secondary N) is 2. The molecule has 4 rings (SSSR count). The first kappa shape index (κ1) is 23.6. The number of furan rings is 1. The molecule has 2 N–H and O–H groups in total. The molecule has 3 aromatic rings. The molecule has 2 aromatic carbocycles. The van der Waals surface area contributed by atoms with E-state index in [-0.39, 0.29) is 10.9 Å². The average molecular weight is 503 g/mol. The molecule has 1 amide bonds. The van der Waals surface area contributed by atoms with E-state index in [1.165, 1.54) is 0 Å². The minimum absolute atomic E-state index is 0.149. The van der Waals surface area contributed by atoms with Crippen LogP contribution in [0, 0.1) is 0 Å². The minimum atomic E-state index is -0.444. The van der Waals surface area contributed by atoms with Gasteiger partial charge in [0.15, 0.2) is 10.9 Å². The molecule has 1 saturated heterocycles. The summed E-state index contributed by atoms with van der Waals surface area (Å²) < 4.78 is 5.70. The fourth-order valence-corrected chi connectivity index (χ4v) is 4.49. The predicted octanol–water partition coefficient (Wildman–Crippen LogP) is 5.52. The van der Waals surface area contributed by atoms with Crippen LogP contribution in [0.25, 0.3) is 11.3 Å². The lowest BCUT2D eigenvalue weighted by Crippen LogP contribution is -2.46. The molecule has 0 bridgehead atoms. The summed E-state index contributed by atoms with van der Waals surface area (Å²) in [6.45, 7) is 6.86. The number of carbonyl (C=O) groups is 1. The number of hydrogen-bond donors (Lipinski definition) is 2. The first-order valence-electron chi connectivity index (χ1n) is 10.7. The van der Waals surface area contributed by atoms with Crippen molar-refractivity contribution in [3.8, 4) is 11.3 Å². The smallest absolute Gasteiger partial charge is 0.293 e. The van der Waals surface area contributed by atoms with Gasteiger partial charge in [0.05, 0.1) is 16.4 Å². The monoisotopic (exact) mass is 502 g/mol. The zero-order chi connectivity index (χ0) is 23.4. The van der Waals surface area contributed by atoms with Gasteiger partial charge in [-0.05, 0) is 55.2 Å². The fraction of sp³-hybridized carbons (Fsp3) is 0.250. The number of anilines is 2. The number of thiocarbonyl (C=S) groups is 1. The third kappa shape index (κ3) is 5.68. The third-order valence-electron chi connectivity index (χ3n) is 5.54. The number of likely N-dealkylation sites (N-methyl/N-ethyl adjacent to an activating group) is 1. The summed E-state index contributed by atoms with van der Waals surface area (Å²) in [5.41, 5.74) is 2.42. The van der Waals surface area contributed by atoms with Crippen LogP contribution in [-0.4, -0.2) is 48.6 Å². The van der Waals surface area contributed by atoms with Crippen molar-refractivity contribution in [3.05, 3.63) is 70.4 Å². The zero-order valence-electron chi connectivity index (χ0n) is 18.1. The van der Waals surface area contributed by atoms with Crippen LogP contribution in [0.3, 0.4) is 0 Å². The lowest BCUT2D eigenvalue weighted by atomic mass is 10.2. The highest BCUT2D eigenvalue weighted by Crippen LogP contribution is 2.34. The Morgan fingerprint density at radius 1 is 1.06 bits per heavy atom. The van der Waals surface area contributed by atoms with Crippen molar-refractivity contribution in [3.63, 3.8) is 0 Å². The van der Waals surface area contributed by atoms with Crippen LogP contribution in [0.2, 0.25) is 10.0 Å². The van der Waals surface area contributed by atoms with E-state index in [1.54, 1.807) is 24.3 Å². The van der Waals surface area contributed by atoms with Crippen molar-refractivity contribution in [2.45, 2.75) is 6.92 Å². The molecule has 0 atom stereocenters. The van der Waals surface area contributed by atoms with Gasteiger partial charge in [0.2, 0.25) is 0 Å². The topological polar surface area (TPSA) is 60.8 Å². The highest BCUT2D eigenvalue weighted by Gasteiger charge is 2.21. The molecular weight excluding hydrogens is 479 g/mol. The van der Waals surface area contributed by atoms with Crippen molar-refractivity contribution in [1.82, 2.24) is 10.2 Å². The number of carbonyl (C=O) groups excluding carboxylic acids is 1. The summed E-state index contributed by atoms with van der Waals surface area (Å²) >= 11 is 18.0. The molecule has 2 heterocycles. The lowest BCUT2D eigenvalue weighted by Gasteiger charge is -2.37. The van der Waals surface area contributed by atoms with Crippen LogP contribution in [0.4, 0.5) is 11.4 Å². The fourth-order valence-electron chi connectivity index (χ4n) is 3.80. The van der Waals surface area contributed by atoms with E-state index < -0.39 is 5.91 Å². The van der Waals surface area contributed by atoms with Gasteiger partial charge in [-0.3, -0.25) is 10.1 Å². The van der Waals surface area contributed by atoms with E-state index in [4.69, 9.17) is 39.8 Å². The number of rotatable bonds is 5. The Balaban J connectivity index is 1.43. The molecule has 0 spiro atoms. The second-order valence-electron chi connectivity index (χ2n) is 7.64. The number of hydrogen-bond acceptors (Lipinski definition) is 5. The highest BCUT2D eigenvalue weighted by atomic mass is 35.5. The van der Waals surface area contributed by atoms with E-state index in [0.717, 1.165) is 49.7 Å². The van der Waals surface area contributed by atoms with Crippen LogP contribution in [0.15, 0.2) is 59.0 Å². The second kappa shape index (κ2) is 10.6. The summed E-state index contributed by atoms with van der Waals surface area (Å²) in [7, 11) is 0. The standard InChI is InChI=1S/C24H24Cl2N4O2S/c1-2-29-11-13-30(14-12-29)22-18(26)7-4-8-19(22)27-24(33)28-23(31)21-10-9-20(32-21)16-5-3-6-17(25)15-16/h3-10,15H,2,11-14H2,1H3,(H2,27,28,31,33). The molecule has 0 saturated carbocycles. The number of benzene rings is 2. The molecule has 9 heteroatoms. The van der Waals surface area contributed by atoms with Gasteiger partial charge in [-0.15, -0.1) is 0 Å². The average Bonchev–Trinajstić information content (AvgIpc) is 3.30. The second-order valence-corrected chi connectivity index (χ2v) is 8.89. The van der Waals surface area contributed by atoms with Crippen molar-refractivity contribution in [1.29, 1.82) is 0 Å². The summed E-state index contributed by atoms with van der Waals surface area (Å²) in [5, 5.41) is 7.19. The van der Waals surface area contributed by atoms with Crippen molar-refractivity contribution in [2.24, 2.45) is 0 Å².